The fourth-order valence-corrected chi connectivity index (χ4v) is 3.02. The number of hydrogen-bond acceptors (Lipinski definition) is 2. The smallest absolute Gasteiger partial charge is 0.193 e. The van der Waals surface area contributed by atoms with Crippen LogP contribution >= 0.6 is 24.0 Å². The van der Waals surface area contributed by atoms with Gasteiger partial charge >= 0.3 is 0 Å². The van der Waals surface area contributed by atoms with Gasteiger partial charge in [0.25, 0.3) is 0 Å². The summed E-state index contributed by atoms with van der Waals surface area (Å²) < 4.78 is 5.07. The first-order valence-electron chi connectivity index (χ1n) is 7.32. The van der Waals surface area contributed by atoms with Crippen molar-refractivity contribution in [2.24, 2.45) is 10.4 Å². The molecular weight excluding hydrogens is 353 g/mol. The Morgan fingerprint density at radius 2 is 2.16 bits per heavy atom. The molecule has 0 aromatic carbocycles. The molecule has 2 fully saturated rings. The van der Waals surface area contributed by atoms with Crippen molar-refractivity contribution in [2.45, 2.75) is 39.0 Å². The van der Waals surface area contributed by atoms with Crippen LogP contribution in [0.2, 0.25) is 0 Å². The molecule has 0 aromatic rings. The molecule has 0 atom stereocenters. The number of guanidine groups is 1. The Bertz CT molecular complexity index is 292. The van der Waals surface area contributed by atoms with Crippen molar-refractivity contribution >= 4 is 29.9 Å². The Hall–Kier alpha value is -0.0400. The highest BCUT2D eigenvalue weighted by Crippen LogP contribution is 2.47. The maximum atomic E-state index is 5.07. The van der Waals surface area contributed by atoms with Gasteiger partial charge in [0.15, 0.2) is 5.96 Å². The summed E-state index contributed by atoms with van der Waals surface area (Å²) in [5.41, 5.74) is 0.642. The van der Waals surface area contributed by atoms with E-state index in [9.17, 15) is 0 Å². The minimum absolute atomic E-state index is 0. The molecule has 1 aliphatic carbocycles. The largest absolute Gasteiger partial charge is 0.385 e. The quantitative estimate of drug-likeness (QED) is 0.344. The van der Waals surface area contributed by atoms with Crippen LogP contribution in [0.15, 0.2) is 4.99 Å². The number of rotatable bonds is 5. The molecule has 0 amide bonds. The van der Waals surface area contributed by atoms with Crippen LogP contribution in [-0.4, -0.2) is 50.8 Å². The lowest BCUT2D eigenvalue weighted by molar-refractivity contribution is 0.151. The summed E-state index contributed by atoms with van der Waals surface area (Å²) in [6.07, 6.45) is 6.63. The highest BCUT2D eigenvalue weighted by atomic mass is 127. The van der Waals surface area contributed by atoms with E-state index in [1.54, 1.807) is 7.11 Å². The van der Waals surface area contributed by atoms with E-state index in [0.717, 1.165) is 32.1 Å². The van der Waals surface area contributed by atoms with E-state index in [1.165, 1.54) is 38.8 Å². The van der Waals surface area contributed by atoms with Gasteiger partial charge in [0.05, 0.1) is 0 Å². The first-order valence-corrected chi connectivity index (χ1v) is 7.32. The van der Waals surface area contributed by atoms with Gasteiger partial charge in [-0.1, -0.05) is 6.42 Å². The van der Waals surface area contributed by atoms with Crippen LogP contribution in [0, 0.1) is 5.41 Å². The van der Waals surface area contributed by atoms with Gasteiger partial charge in [0, 0.05) is 39.9 Å². The summed E-state index contributed by atoms with van der Waals surface area (Å²) in [5.74, 6) is 1.11. The Morgan fingerprint density at radius 1 is 1.37 bits per heavy atom. The lowest BCUT2D eigenvalue weighted by atomic mass is 9.68. The van der Waals surface area contributed by atoms with E-state index in [1.807, 2.05) is 0 Å². The lowest BCUT2D eigenvalue weighted by Gasteiger charge is -2.38. The fraction of sp³-hybridized carbons (Fsp3) is 0.929. The first-order chi connectivity index (χ1) is 8.79. The minimum atomic E-state index is 0. The first kappa shape index (κ1) is 17.0. The van der Waals surface area contributed by atoms with Gasteiger partial charge < -0.3 is 15.0 Å². The zero-order chi connectivity index (χ0) is 12.8. The molecule has 1 saturated heterocycles. The normalized spacial score (nSPS) is 21.2. The van der Waals surface area contributed by atoms with Gasteiger partial charge in [-0.25, -0.2) is 0 Å². The molecule has 5 heteroatoms. The van der Waals surface area contributed by atoms with E-state index in [4.69, 9.17) is 9.73 Å². The molecule has 1 spiro atoms. The number of ether oxygens (including phenoxy) is 1. The standard InChI is InChI=1S/C14H27N3O.HI/c1-3-15-13(16-9-5-11-18-2)17-10-8-14(12-17)6-4-7-14;/h3-12H2,1-2H3,(H,15,16);1H. The van der Waals surface area contributed by atoms with E-state index in [2.05, 4.69) is 17.1 Å². The van der Waals surface area contributed by atoms with Crippen molar-refractivity contribution in [3.63, 3.8) is 0 Å². The van der Waals surface area contributed by atoms with Crippen molar-refractivity contribution < 1.29 is 4.74 Å². The summed E-state index contributed by atoms with van der Waals surface area (Å²) >= 11 is 0. The molecule has 1 N–H and O–H groups in total. The van der Waals surface area contributed by atoms with Crippen LogP contribution in [0.3, 0.4) is 0 Å². The predicted molar refractivity (Wildman–Crippen MR) is 90.4 cm³/mol. The third-order valence-corrected chi connectivity index (χ3v) is 4.26. The molecule has 112 valence electrons. The average molecular weight is 381 g/mol. The topological polar surface area (TPSA) is 36.9 Å². The highest BCUT2D eigenvalue weighted by molar-refractivity contribution is 14.0. The third kappa shape index (κ3) is 4.48. The summed E-state index contributed by atoms with van der Waals surface area (Å²) in [6, 6.07) is 0. The van der Waals surface area contributed by atoms with Crippen molar-refractivity contribution in [3.8, 4) is 0 Å². The van der Waals surface area contributed by atoms with Crippen molar-refractivity contribution in [3.05, 3.63) is 0 Å². The molecule has 1 saturated carbocycles. The average Bonchev–Trinajstić information content (AvgIpc) is 2.78. The van der Waals surface area contributed by atoms with E-state index >= 15 is 0 Å². The molecule has 0 unspecified atom stereocenters. The molecule has 2 rings (SSSR count). The van der Waals surface area contributed by atoms with Gasteiger partial charge in [0.2, 0.25) is 0 Å². The molecule has 1 aliphatic heterocycles. The molecule has 0 radical (unpaired) electrons. The van der Waals surface area contributed by atoms with Gasteiger partial charge in [-0.2, -0.15) is 0 Å². The van der Waals surface area contributed by atoms with Gasteiger partial charge in [-0.15, -0.1) is 24.0 Å². The van der Waals surface area contributed by atoms with Crippen molar-refractivity contribution in [2.75, 3.05) is 39.9 Å². The lowest BCUT2D eigenvalue weighted by Crippen LogP contribution is -2.42. The summed E-state index contributed by atoms with van der Waals surface area (Å²) in [5, 5.41) is 3.42. The molecule has 0 aromatic heterocycles. The number of aliphatic imine (C=N–C) groups is 1. The predicted octanol–water partition coefficient (Wildman–Crippen LogP) is 2.48. The number of methoxy groups -OCH3 is 1. The van der Waals surface area contributed by atoms with Crippen molar-refractivity contribution in [1.29, 1.82) is 0 Å². The maximum Gasteiger partial charge on any atom is 0.193 e. The van der Waals surface area contributed by atoms with Gasteiger partial charge in [-0.3, -0.25) is 4.99 Å². The van der Waals surface area contributed by atoms with Gasteiger partial charge in [-0.05, 0) is 38.0 Å². The van der Waals surface area contributed by atoms with Crippen LogP contribution in [0.25, 0.3) is 0 Å². The van der Waals surface area contributed by atoms with Crippen LogP contribution in [0.5, 0.6) is 0 Å². The monoisotopic (exact) mass is 381 g/mol. The second-order valence-corrected chi connectivity index (χ2v) is 5.61. The Balaban J connectivity index is 0.00000180. The highest BCUT2D eigenvalue weighted by Gasteiger charge is 2.43. The number of nitrogens with one attached hydrogen (secondary N) is 1. The summed E-state index contributed by atoms with van der Waals surface area (Å²) in [6.45, 7) is 7.14. The zero-order valence-corrected chi connectivity index (χ0v) is 14.6. The van der Waals surface area contributed by atoms with Crippen LogP contribution in [0.4, 0.5) is 0 Å². The SMILES string of the molecule is CCNC(=NCCCOC)N1CCC2(CCC2)C1.I. The van der Waals surface area contributed by atoms with Crippen LogP contribution < -0.4 is 5.32 Å². The zero-order valence-electron chi connectivity index (χ0n) is 12.3. The molecule has 1 heterocycles. The minimum Gasteiger partial charge on any atom is -0.385 e. The van der Waals surface area contributed by atoms with E-state index < -0.39 is 0 Å². The molecular formula is C14H28IN3O. The second kappa shape index (κ2) is 8.29. The van der Waals surface area contributed by atoms with Gasteiger partial charge in [0.1, 0.15) is 0 Å². The Labute approximate surface area is 134 Å². The second-order valence-electron chi connectivity index (χ2n) is 5.61. The molecule has 4 nitrogen and oxygen atoms in total. The summed E-state index contributed by atoms with van der Waals surface area (Å²) in [4.78, 5) is 7.16. The van der Waals surface area contributed by atoms with E-state index in [0.29, 0.717) is 5.41 Å². The number of halogens is 1. The molecule has 2 aliphatic rings. The van der Waals surface area contributed by atoms with Crippen LogP contribution in [0.1, 0.15) is 39.0 Å². The Morgan fingerprint density at radius 3 is 2.68 bits per heavy atom. The van der Waals surface area contributed by atoms with Crippen LogP contribution in [-0.2, 0) is 4.74 Å². The molecule has 0 bridgehead atoms. The van der Waals surface area contributed by atoms with E-state index in [-0.39, 0.29) is 24.0 Å². The number of likely N-dealkylation sites (tertiary alicyclic amines) is 1. The number of nitrogens with zero attached hydrogens (tertiary/aromatic N) is 2. The maximum absolute atomic E-state index is 5.07. The summed E-state index contributed by atoms with van der Waals surface area (Å²) in [7, 11) is 1.75. The molecule has 19 heavy (non-hydrogen) atoms. The Kier molecular flexibility index (Phi) is 7.42. The fourth-order valence-electron chi connectivity index (χ4n) is 3.02. The van der Waals surface area contributed by atoms with Crippen molar-refractivity contribution in [1.82, 2.24) is 10.2 Å². The third-order valence-electron chi connectivity index (χ3n) is 4.26. The number of hydrogen-bond donors (Lipinski definition) is 1.